The van der Waals surface area contributed by atoms with Gasteiger partial charge in [0.2, 0.25) is 0 Å². The van der Waals surface area contributed by atoms with Crippen molar-refractivity contribution in [1.82, 2.24) is 5.32 Å². The quantitative estimate of drug-likeness (QED) is 0.778. The number of piperidine rings is 1. The first-order valence-corrected chi connectivity index (χ1v) is 6.80. The largest absolute Gasteiger partial charge is 0.389 e. The third kappa shape index (κ3) is 2.00. The SMILES string of the molecule is OC12CCCCC1[C@H](c1ccccc1)NCC2. The van der Waals surface area contributed by atoms with Crippen LogP contribution in [0.4, 0.5) is 0 Å². The first kappa shape index (κ1) is 11.2. The molecule has 2 heteroatoms. The highest BCUT2D eigenvalue weighted by atomic mass is 16.3. The summed E-state index contributed by atoms with van der Waals surface area (Å²) in [6.45, 7) is 0.937. The van der Waals surface area contributed by atoms with Crippen LogP contribution in [0.1, 0.15) is 43.7 Å². The van der Waals surface area contributed by atoms with Gasteiger partial charge in [0, 0.05) is 12.0 Å². The van der Waals surface area contributed by atoms with E-state index >= 15 is 0 Å². The van der Waals surface area contributed by atoms with Crippen LogP contribution in [0, 0.1) is 5.92 Å². The Labute approximate surface area is 103 Å². The van der Waals surface area contributed by atoms with E-state index in [0.29, 0.717) is 12.0 Å². The van der Waals surface area contributed by atoms with Gasteiger partial charge in [-0.3, -0.25) is 0 Å². The number of nitrogens with one attached hydrogen (secondary N) is 1. The van der Waals surface area contributed by atoms with Gasteiger partial charge < -0.3 is 10.4 Å². The van der Waals surface area contributed by atoms with Crippen molar-refractivity contribution in [2.24, 2.45) is 5.92 Å². The second-order valence-electron chi connectivity index (χ2n) is 5.55. The number of hydrogen-bond donors (Lipinski definition) is 2. The van der Waals surface area contributed by atoms with Crippen molar-refractivity contribution in [3.05, 3.63) is 35.9 Å². The maximum absolute atomic E-state index is 10.8. The van der Waals surface area contributed by atoms with E-state index < -0.39 is 5.60 Å². The summed E-state index contributed by atoms with van der Waals surface area (Å²) in [7, 11) is 0. The normalized spacial score (nSPS) is 37.5. The van der Waals surface area contributed by atoms with E-state index in [0.717, 1.165) is 25.8 Å². The number of aliphatic hydroxyl groups is 1. The fraction of sp³-hybridized carbons (Fsp3) is 0.600. The van der Waals surface area contributed by atoms with Crippen LogP contribution < -0.4 is 5.32 Å². The molecule has 0 aromatic heterocycles. The predicted molar refractivity (Wildman–Crippen MR) is 68.7 cm³/mol. The summed E-state index contributed by atoms with van der Waals surface area (Å²) < 4.78 is 0. The molecule has 0 spiro atoms. The minimum Gasteiger partial charge on any atom is -0.389 e. The van der Waals surface area contributed by atoms with Gasteiger partial charge in [-0.2, -0.15) is 0 Å². The minimum atomic E-state index is -0.413. The van der Waals surface area contributed by atoms with Crippen molar-refractivity contribution in [2.45, 2.75) is 43.7 Å². The van der Waals surface area contributed by atoms with Crippen molar-refractivity contribution < 1.29 is 5.11 Å². The van der Waals surface area contributed by atoms with Gasteiger partial charge in [-0.1, -0.05) is 43.2 Å². The molecule has 1 heterocycles. The first-order chi connectivity index (χ1) is 8.30. The molecule has 2 unspecified atom stereocenters. The highest BCUT2D eigenvalue weighted by Crippen LogP contribution is 2.45. The van der Waals surface area contributed by atoms with E-state index in [-0.39, 0.29) is 0 Å². The summed E-state index contributed by atoms with van der Waals surface area (Å²) in [5.41, 5.74) is 0.918. The van der Waals surface area contributed by atoms with Crippen molar-refractivity contribution in [2.75, 3.05) is 6.54 Å². The van der Waals surface area contributed by atoms with E-state index in [2.05, 4.69) is 35.6 Å². The van der Waals surface area contributed by atoms with E-state index in [1.807, 2.05) is 0 Å². The van der Waals surface area contributed by atoms with Crippen LogP contribution in [0.2, 0.25) is 0 Å². The zero-order valence-corrected chi connectivity index (χ0v) is 10.2. The Morgan fingerprint density at radius 1 is 1.12 bits per heavy atom. The molecule has 2 N–H and O–H groups in total. The summed E-state index contributed by atoms with van der Waals surface area (Å²) in [5, 5.41) is 14.4. The molecule has 2 fully saturated rings. The molecule has 3 atom stereocenters. The summed E-state index contributed by atoms with van der Waals surface area (Å²) in [6, 6.07) is 10.9. The Morgan fingerprint density at radius 3 is 2.76 bits per heavy atom. The maximum atomic E-state index is 10.8. The fourth-order valence-corrected chi connectivity index (χ4v) is 3.63. The molecule has 2 nitrogen and oxygen atoms in total. The van der Waals surface area contributed by atoms with Gasteiger partial charge in [-0.15, -0.1) is 0 Å². The molecular weight excluding hydrogens is 210 g/mol. The standard InChI is InChI=1S/C15H21NO/c17-15-9-5-4-8-13(15)14(16-11-10-15)12-6-2-1-3-7-12/h1-3,6-7,13-14,16-17H,4-5,8-11H2/t13?,14-,15?/m0/s1. The molecule has 92 valence electrons. The molecule has 1 saturated heterocycles. The highest BCUT2D eigenvalue weighted by molar-refractivity contribution is 5.22. The zero-order chi connectivity index (χ0) is 11.7. The van der Waals surface area contributed by atoms with Gasteiger partial charge in [0.15, 0.2) is 0 Å². The van der Waals surface area contributed by atoms with Crippen molar-refractivity contribution in [3.63, 3.8) is 0 Å². The van der Waals surface area contributed by atoms with Crippen molar-refractivity contribution in [3.8, 4) is 0 Å². The average molecular weight is 231 g/mol. The Balaban J connectivity index is 1.89. The van der Waals surface area contributed by atoms with Crippen LogP contribution >= 0.6 is 0 Å². The summed E-state index contributed by atoms with van der Waals surface area (Å²) in [4.78, 5) is 0. The molecule has 0 radical (unpaired) electrons. The highest BCUT2D eigenvalue weighted by Gasteiger charge is 2.45. The molecule has 0 bridgehead atoms. The van der Waals surface area contributed by atoms with Gasteiger partial charge in [-0.05, 0) is 31.4 Å². The Bertz CT molecular complexity index is 374. The average Bonchev–Trinajstić information content (AvgIpc) is 2.38. The number of benzene rings is 1. The van der Waals surface area contributed by atoms with E-state index in [1.54, 1.807) is 0 Å². The third-order valence-electron chi connectivity index (χ3n) is 4.55. The van der Waals surface area contributed by atoms with Crippen LogP contribution in [0.3, 0.4) is 0 Å². The third-order valence-corrected chi connectivity index (χ3v) is 4.55. The lowest BCUT2D eigenvalue weighted by Crippen LogP contribution is -2.53. The number of fused-ring (bicyclic) bond motifs is 1. The smallest absolute Gasteiger partial charge is 0.0706 e. The second-order valence-corrected chi connectivity index (χ2v) is 5.55. The van der Waals surface area contributed by atoms with Crippen LogP contribution in [-0.2, 0) is 0 Å². The van der Waals surface area contributed by atoms with Crippen LogP contribution in [0.25, 0.3) is 0 Å². The topological polar surface area (TPSA) is 32.3 Å². The Kier molecular flexibility index (Phi) is 2.93. The molecular formula is C15H21NO. The molecule has 3 rings (SSSR count). The first-order valence-electron chi connectivity index (χ1n) is 6.80. The lowest BCUT2D eigenvalue weighted by atomic mass is 9.67. The number of rotatable bonds is 1. The molecule has 0 amide bonds. The van der Waals surface area contributed by atoms with Crippen molar-refractivity contribution >= 4 is 0 Å². The second kappa shape index (κ2) is 4.43. The van der Waals surface area contributed by atoms with Gasteiger partial charge in [-0.25, -0.2) is 0 Å². The van der Waals surface area contributed by atoms with E-state index in [9.17, 15) is 5.11 Å². The molecule has 17 heavy (non-hydrogen) atoms. The molecule has 1 saturated carbocycles. The minimum absolute atomic E-state index is 0.343. The van der Waals surface area contributed by atoms with Gasteiger partial charge in [0.1, 0.15) is 0 Å². The molecule has 1 aromatic carbocycles. The lowest BCUT2D eigenvalue weighted by Gasteiger charge is -2.48. The zero-order valence-electron chi connectivity index (χ0n) is 10.2. The van der Waals surface area contributed by atoms with E-state index in [4.69, 9.17) is 0 Å². The van der Waals surface area contributed by atoms with Crippen molar-refractivity contribution in [1.29, 1.82) is 0 Å². The molecule has 1 aliphatic carbocycles. The Hall–Kier alpha value is -0.860. The van der Waals surface area contributed by atoms with Crippen LogP contribution in [0.5, 0.6) is 0 Å². The summed E-state index contributed by atoms with van der Waals surface area (Å²) in [5.74, 6) is 0.396. The summed E-state index contributed by atoms with van der Waals surface area (Å²) >= 11 is 0. The molecule has 2 aliphatic rings. The number of hydrogen-bond acceptors (Lipinski definition) is 2. The maximum Gasteiger partial charge on any atom is 0.0706 e. The van der Waals surface area contributed by atoms with E-state index in [1.165, 1.54) is 18.4 Å². The molecule has 1 aromatic rings. The predicted octanol–water partition coefficient (Wildman–Crippen LogP) is 2.64. The van der Waals surface area contributed by atoms with Gasteiger partial charge >= 0.3 is 0 Å². The van der Waals surface area contributed by atoms with Crippen LogP contribution in [0.15, 0.2) is 30.3 Å². The summed E-state index contributed by atoms with van der Waals surface area (Å²) in [6.07, 6.45) is 5.51. The lowest BCUT2D eigenvalue weighted by molar-refractivity contribution is -0.0861. The van der Waals surface area contributed by atoms with Crippen LogP contribution in [-0.4, -0.2) is 17.3 Å². The Morgan fingerprint density at radius 2 is 1.94 bits per heavy atom. The van der Waals surface area contributed by atoms with Gasteiger partial charge in [0.25, 0.3) is 0 Å². The molecule has 1 aliphatic heterocycles. The van der Waals surface area contributed by atoms with Gasteiger partial charge in [0.05, 0.1) is 5.60 Å². The monoisotopic (exact) mass is 231 g/mol. The fourth-order valence-electron chi connectivity index (χ4n) is 3.63.